The Morgan fingerprint density at radius 1 is 0.902 bits per heavy atom. The predicted octanol–water partition coefficient (Wildman–Crippen LogP) is 3.48. The van der Waals surface area contributed by atoms with Crippen molar-refractivity contribution in [2.45, 2.75) is 45.0 Å². The number of fused-ring (bicyclic) bond motifs is 1. The number of benzene rings is 1. The Morgan fingerprint density at radius 2 is 1.41 bits per heavy atom. The first-order valence-corrected chi connectivity index (χ1v) is 12.4. The Morgan fingerprint density at radius 3 is 1.88 bits per heavy atom. The van der Waals surface area contributed by atoms with Crippen LogP contribution in [0.15, 0.2) is 30.5 Å². The summed E-state index contributed by atoms with van der Waals surface area (Å²) in [6.07, 6.45) is -8.07. The molecule has 2 aromatic rings. The number of halogens is 6. The van der Waals surface area contributed by atoms with Gasteiger partial charge in [-0.05, 0) is 31.7 Å². The van der Waals surface area contributed by atoms with Crippen molar-refractivity contribution in [1.29, 1.82) is 0 Å². The number of aromatic nitrogens is 2. The summed E-state index contributed by atoms with van der Waals surface area (Å²) in [5, 5.41) is 14.2. The molecule has 3 heterocycles. The van der Waals surface area contributed by atoms with Gasteiger partial charge in [-0.25, -0.2) is 14.6 Å². The van der Waals surface area contributed by atoms with E-state index in [0.717, 1.165) is 58.1 Å². The van der Waals surface area contributed by atoms with Gasteiger partial charge < -0.3 is 24.4 Å². The number of likely N-dealkylation sites (N-methyl/N-ethyl adjacent to an activating group) is 1. The van der Waals surface area contributed by atoms with Crippen LogP contribution < -0.4 is 4.74 Å². The lowest BCUT2D eigenvalue weighted by atomic mass is 10.1. The van der Waals surface area contributed by atoms with Crippen molar-refractivity contribution >= 4 is 11.9 Å². The highest BCUT2D eigenvalue weighted by Crippen LogP contribution is 2.28. The van der Waals surface area contributed by atoms with Crippen LogP contribution in [0, 0.1) is 0 Å². The molecule has 1 aromatic heterocycles. The predicted molar refractivity (Wildman–Crippen MR) is 134 cm³/mol. The summed E-state index contributed by atoms with van der Waals surface area (Å²) in [6, 6.07) is 8.73. The van der Waals surface area contributed by atoms with Crippen molar-refractivity contribution < 1.29 is 50.9 Å². The molecule has 1 unspecified atom stereocenters. The minimum atomic E-state index is -5.08. The second kappa shape index (κ2) is 14.5. The number of alkyl halides is 6. The summed E-state index contributed by atoms with van der Waals surface area (Å²) < 4.78 is 71.2. The van der Waals surface area contributed by atoms with Crippen molar-refractivity contribution in [3.63, 3.8) is 0 Å². The average molecular weight is 598 g/mol. The molecule has 230 valence electrons. The molecule has 0 amide bonds. The van der Waals surface area contributed by atoms with Crippen LogP contribution in [0.5, 0.6) is 5.75 Å². The molecule has 0 spiro atoms. The highest BCUT2D eigenvalue weighted by Gasteiger charge is 2.39. The summed E-state index contributed by atoms with van der Waals surface area (Å²) in [5.41, 5.74) is 2.69. The number of hydrogen-bond donors (Lipinski definition) is 2. The molecule has 16 heteroatoms. The average Bonchev–Trinajstić information content (AvgIpc) is 3.30. The second-order valence-electron chi connectivity index (χ2n) is 9.44. The largest absolute Gasteiger partial charge is 0.497 e. The molecule has 0 radical (unpaired) electrons. The zero-order chi connectivity index (χ0) is 31.0. The molecular weight excluding hydrogens is 564 g/mol. The Kier molecular flexibility index (Phi) is 12.0. The lowest BCUT2D eigenvalue weighted by molar-refractivity contribution is -0.193. The molecule has 2 N–H and O–H groups in total. The summed E-state index contributed by atoms with van der Waals surface area (Å²) in [4.78, 5) is 30.1. The fourth-order valence-electron chi connectivity index (χ4n) is 4.15. The quantitative estimate of drug-likeness (QED) is 0.501. The zero-order valence-electron chi connectivity index (χ0n) is 22.7. The van der Waals surface area contributed by atoms with Crippen LogP contribution in [-0.4, -0.2) is 106 Å². The van der Waals surface area contributed by atoms with Gasteiger partial charge in [-0.15, -0.1) is 0 Å². The van der Waals surface area contributed by atoms with Crippen LogP contribution in [0.2, 0.25) is 0 Å². The number of aliphatic carboxylic acids is 2. The van der Waals surface area contributed by atoms with Gasteiger partial charge >= 0.3 is 24.3 Å². The topological polar surface area (TPSA) is 111 Å². The van der Waals surface area contributed by atoms with E-state index in [9.17, 15) is 26.3 Å². The number of piperazine rings is 1. The van der Waals surface area contributed by atoms with E-state index in [1.54, 1.807) is 7.11 Å². The number of ether oxygens (including phenoxy) is 1. The van der Waals surface area contributed by atoms with Crippen molar-refractivity contribution in [2.24, 2.45) is 0 Å². The Labute approximate surface area is 232 Å². The van der Waals surface area contributed by atoms with E-state index in [2.05, 4.69) is 51.6 Å². The van der Waals surface area contributed by atoms with Crippen molar-refractivity contribution in [3.8, 4) is 5.75 Å². The number of carbonyl (C=O) groups is 2. The SMILES string of the molecule is COc1ccc(CN2CCn3c(CN4CCN(C)CC4)cnc3C2C)cc1.O=C(O)C(F)(F)F.O=C(O)C(F)(F)F. The Bertz CT molecular complexity index is 1110. The minimum absolute atomic E-state index is 0.335. The monoisotopic (exact) mass is 597 g/mol. The lowest BCUT2D eigenvalue weighted by Gasteiger charge is -2.36. The maximum absolute atomic E-state index is 10.6. The number of carboxylic acids is 2. The molecule has 1 atom stereocenters. The highest BCUT2D eigenvalue weighted by atomic mass is 19.4. The van der Waals surface area contributed by atoms with E-state index >= 15 is 0 Å². The lowest BCUT2D eigenvalue weighted by Crippen LogP contribution is -2.44. The molecular formula is C25H33F6N5O5. The first kappa shape index (κ1) is 33.8. The van der Waals surface area contributed by atoms with Crippen LogP contribution in [-0.2, 0) is 29.2 Å². The standard InChI is InChI=1S/C21H31N5O.2C2HF3O2/c1-17-21-22-14-19(16-24-10-8-23(2)9-11-24)26(21)13-12-25(17)15-18-4-6-20(27-3)7-5-18;2*3-2(4,5)1(6)7/h4-7,14,17H,8-13,15-16H2,1-3H3;2*(H,6,7). The number of methoxy groups -OCH3 is 1. The normalized spacial score (nSPS) is 18.3. The smallest absolute Gasteiger partial charge is 0.490 e. The molecule has 0 aliphatic carbocycles. The van der Waals surface area contributed by atoms with Gasteiger partial charge in [0.1, 0.15) is 11.6 Å². The van der Waals surface area contributed by atoms with Crippen LogP contribution in [0.1, 0.15) is 30.0 Å². The number of hydrogen-bond acceptors (Lipinski definition) is 7. The molecule has 0 saturated carbocycles. The maximum atomic E-state index is 10.6. The number of carboxylic acid groups (broad SMARTS) is 2. The molecule has 10 nitrogen and oxygen atoms in total. The molecule has 2 aliphatic heterocycles. The van der Waals surface area contributed by atoms with Crippen LogP contribution in [0.25, 0.3) is 0 Å². The second-order valence-corrected chi connectivity index (χ2v) is 9.44. The third-order valence-corrected chi connectivity index (χ3v) is 6.51. The van der Waals surface area contributed by atoms with Crippen molar-refractivity contribution in [2.75, 3.05) is 46.9 Å². The number of rotatable bonds is 5. The van der Waals surface area contributed by atoms with Crippen LogP contribution in [0.4, 0.5) is 26.3 Å². The molecule has 4 rings (SSSR count). The Hall–Kier alpha value is -3.37. The third-order valence-electron chi connectivity index (χ3n) is 6.51. The molecule has 0 bridgehead atoms. The van der Waals surface area contributed by atoms with Crippen molar-refractivity contribution in [1.82, 2.24) is 24.3 Å². The molecule has 1 aromatic carbocycles. The summed E-state index contributed by atoms with van der Waals surface area (Å²) in [7, 11) is 3.92. The molecule has 1 fully saturated rings. The highest BCUT2D eigenvalue weighted by molar-refractivity contribution is 5.73. The number of nitrogens with zero attached hydrogens (tertiary/aromatic N) is 5. The first-order valence-electron chi connectivity index (χ1n) is 12.4. The summed E-state index contributed by atoms with van der Waals surface area (Å²) in [5.74, 6) is -3.39. The van der Waals surface area contributed by atoms with Gasteiger partial charge in [0.2, 0.25) is 0 Å². The van der Waals surface area contributed by atoms with Gasteiger partial charge in [-0.3, -0.25) is 9.80 Å². The Balaban J connectivity index is 0.000000349. The maximum Gasteiger partial charge on any atom is 0.490 e. The minimum Gasteiger partial charge on any atom is -0.497 e. The van der Waals surface area contributed by atoms with E-state index < -0.39 is 24.3 Å². The van der Waals surface area contributed by atoms with Gasteiger partial charge in [-0.2, -0.15) is 26.3 Å². The fourth-order valence-corrected chi connectivity index (χ4v) is 4.15. The van der Waals surface area contributed by atoms with Crippen LogP contribution in [0.3, 0.4) is 0 Å². The van der Waals surface area contributed by atoms with E-state index in [1.807, 2.05) is 12.1 Å². The summed E-state index contributed by atoms with van der Waals surface area (Å²) in [6.45, 7) is 11.0. The third kappa shape index (κ3) is 10.5. The van der Waals surface area contributed by atoms with E-state index in [1.165, 1.54) is 17.1 Å². The molecule has 41 heavy (non-hydrogen) atoms. The first-order chi connectivity index (χ1) is 19.0. The van der Waals surface area contributed by atoms with Crippen LogP contribution >= 0.6 is 0 Å². The zero-order valence-corrected chi connectivity index (χ0v) is 22.7. The van der Waals surface area contributed by atoms with Gasteiger partial charge in [0.05, 0.1) is 18.8 Å². The summed E-state index contributed by atoms with van der Waals surface area (Å²) >= 11 is 0. The van der Waals surface area contributed by atoms with Gasteiger partial charge in [0, 0.05) is 58.6 Å². The van der Waals surface area contributed by atoms with E-state index in [4.69, 9.17) is 29.5 Å². The fraction of sp³-hybridized carbons (Fsp3) is 0.560. The van der Waals surface area contributed by atoms with Crippen molar-refractivity contribution in [3.05, 3.63) is 47.5 Å². The van der Waals surface area contributed by atoms with E-state index in [0.29, 0.717) is 6.04 Å². The van der Waals surface area contributed by atoms with E-state index in [-0.39, 0.29) is 0 Å². The van der Waals surface area contributed by atoms with Gasteiger partial charge in [0.15, 0.2) is 0 Å². The van der Waals surface area contributed by atoms with Gasteiger partial charge in [0.25, 0.3) is 0 Å². The molecule has 1 saturated heterocycles. The van der Waals surface area contributed by atoms with Gasteiger partial charge in [-0.1, -0.05) is 12.1 Å². The number of imidazole rings is 1. The molecule has 2 aliphatic rings.